The summed E-state index contributed by atoms with van der Waals surface area (Å²) in [6.07, 6.45) is 0. The number of aliphatic carboxylic acids is 2. The molecule has 0 bridgehead atoms. The van der Waals surface area contributed by atoms with Gasteiger partial charge in [0, 0.05) is 5.41 Å². The maximum absolute atomic E-state index is 11.0. The van der Waals surface area contributed by atoms with Crippen LogP contribution in [-0.4, -0.2) is 48.6 Å². The maximum atomic E-state index is 11.0. The van der Waals surface area contributed by atoms with Gasteiger partial charge in [-0.1, -0.05) is 13.8 Å². The minimum Gasteiger partial charge on any atom is -0.481 e. The van der Waals surface area contributed by atoms with Crippen LogP contribution in [0.15, 0.2) is 0 Å². The Kier molecular flexibility index (Phi) is 6.83. The van der Waals surface area contributed by atoms with Crippen LogP contribution in [0.1, 0.15) is 41.5 Å². The van der Waals surface area contributed by atoms with Gasteiger partial charge in [-0.05, 0) is 27.7 Å². The van der Waals surface area contributed by atoms with Gasteiger partial charge in [-0.3, -0.25) is 9.59 Å². The van der Waals surface area contributed by atoms with Crippen LogP contribution in [-0.2, 0) is 19.1 Å². The molecule has 0 aliphatic heterocycles. The number of ether oxygens (including phenoxy) is 2. The van der Waals surface area contributed by atoms with Crippen molar-refractivity contribution in [3.63, 3.8) is 0 Å². The highest BCUT2D eigenvalue weighted by Gasteiger charge is 2.30. The average Bonchev–Trinajstić information content (AvgIpc) is 2.27. The van der Waals surface area contributed by atoms with E-state index in [2.05, 4.69) is 0 Å². The lowest BCUT2D eigenvalue weighted by Gasteiger charge is -2.28. The first-order chi connectivity index (χ1) is 9.30. The zero-order chi connectivity index (χ0) is 16.9. The van der Waals surface area contributed by atoms with E-state index in [1.54, 1.807) is 27.7 Å². The normalized spacial score (nSPS) is 13.2. The van der Waals surface area contributed by atoms with E-state index in [0.717, 1.165) is 0 Å². The largest absolute Gasteiger partial charge is 0.481 e. The second kappa shape index (κ2) is 7.22. The van der Waals surface area contributed by atoms with Gasteiger partial charge < -0.3 is 19.7 Å². The molecule has 124 valence electrons. The molecule has 0 atom stereocenters. The molecule has 2 N–H and O–H groups in total. The van der Waals surface area contributed by atoms with Crippen molar-refractivity contribution < 1.29 is 29.3 Å². The van der Waals surface area contributed by atoms with Crippen LogP contribution < -0.4 is 0 Å². The van der Waals surface area contributed by atoms with E-state index < -0.39 is 22.8 Å². The molecule has 0 aromatic rings. The number of rotatable bonds is 10. The maximum Gasteiger partial charge on any atom is 0.311 e. The third-order valence-corrected chi connectivity index (χ3v) is 3.07. The smallest absolute Gasteiger partial charge is 0.311 e. The standard InChI is InChI=1S/C15H28O6/c1-13(2,7-20-9-14(3,4)11(16)17)8-21-10-15(5,6)12(18)19/h7-10H2,1-6H3,(H,16,17)(H,18,19). The SMILES string of the molecule is CC(C)(COCC(C)(C)C(=O)O)COCC(C)(C)C(=O)O. The van der Waals surface area contributed by atoms with E-state index in [0.29, 0.717) is 13.2 Å². The minimum absolute atomic E-state index is 0.117. The molecule has 6 heteroatoms. The Morgan fingerprint density at radius 1 is 0.714 bits per heavy atom. The lowest BCUT2D eigenvalue weighted by Crippen LogP contribution is -2.35. The Morgan fingerprint density at radius 2 is 1.00 bits per heavy atom. The third-order valence-electron chi connectivity index (χ3n) is 3.07. The summed E-state index contributed by atoms with van der Waals surface area (Å²) in [5.41, 5.74) is -2.17. The lowest BCUT2D eigenvalue weighted by molar-refractivity contribution is -0.152. The second-order valence-corrected chi connectivity index (χ2v) is 7.53. The Balaban J connectivity index is 4.16. The van der Waals surface area contributed by atoms with Gasteiger partial charge in [0.2, 0.25) is 0 Å². The molecule has 0 spiro atoms. The predicted molar refractivity (Wildman–Crippen MR) is 78.3 cm³/mol. The highest BCUT2D eigenvalue weighted by Crippen LogP contribution is 2.22. The monoisotopic (exact) mass is 304 g/mol. The van der Waals surface area contributed by atoms with E-state index in [-0.39, 0.29) is 18.6 Å². The fraction of sp³-hybridized carbons (Fsp3) is 0.867. The molecule has 0 fully saturated rings. The van der Waals surface area contributed by atoms with Crippen LogP contribution in [0.3, 0.4) is 0 Å². The van der Waals surface area contributed by atoms with Gasteiger partial charge in [0.05, 0.1) is 37.3 Å². The number of carboxylic acid groups (broad SMARTS) is 2. The first kappa shape index (κ1) is 19.9. The molecule has 0 aliphatic rings. The molecule has 0 rings (SSSR count). The molecule has 6 nitrogen and oxygen atoms in total. The van der Waals surface area contributed by atoms with Gasteiger partial charge >= 0.3 is 11.9 Å². The highest BCUT2D eigenvalue weighted by molar-refractivity contribution is 5.74. The molecule has 0 radical (unpaired) electrons. The Bertz CT molecular complexity index is 336. The molecule has 0 unspecified atom stereocenters. The summed E-state index contributed by atoms with van der Waals surface area (Å²) >= 11 is 0. The molecular weight excluding hydrogens is 276 g/mol. The summed E-state index contributed by atoms with van der Waals surface area (Å²) in [4.78, 5) is 21.9. The molecule has 0 saturated carbocycles. The lowest BCUT2D eigenvalue weighted by atomic mass is 9.93. The summed E-state index contributed by atoms with van der Waals surface area (Å²) in [7, 11) is 0. The molecule has 21 heavy (non-hydrogen) atoms. The summed E-state index contributed by atoms with van der Waals surface area (Å²) in [6, 6.07) is 0. The van der Waals surface area contributed by atoms with Crippen molar-refractivity contribution in [3.05, 3.63) is 0 Å². The first-order valence-electron chi connectivity index (χ1n) is 6.92. The van der Waals surface area contributed by atoms with Gasteiger partial charge in [0.25, 0.3) is 0 Å². The van der Waals surface area contributed by atoms with Crippen LogP contribution in [0.25, 0.3) is 0 Å². The van der Waals surface area contributed by atoms with Crippen molar-refractivity contribution in [1.82, 2.24) is 0 Å². The van der Waals surface area contributed by atoms with Gasteiger partial charge in [-0.15, -0.1) is 0 Å². The molecule has 0 aromatic carbocycles. The number of carboxylic acids is 2. The van der Waals surface area contributed by atoms with Crippen LogP contribution in [0.4, 0.5) is 0 Å². The second-order valence-electron chi connectivity index (χ2n) is 7.53. The molecule has 0 amide bonds. The van der Waals surface area contributed by atoms with E-state index >= 15 is 0 Å². The van der Waals surface area contributed by atoms with E-state index in [1.807, 2.05) is 13.8 Å². The Morgan fingerprint density at radius 3 is 1.24 bits per heavy atom. The van der Waals surface area contributed by atoms with Crippen molar-refractivity contribution in [2.24, 2.45) is 16.2 Å². The van der Waals surface area contributed by atoms with Crippen molar-refractivity contribution in [1.29, 1.82) is 0 Å². The number of carbonyl (C=O) groups is 2. The quantitative estimate of drug-likeness (QED) is 0.643. The molecular formula is C15H28O6. The van der Waals surface area contributed by atoms with E-state index in [1.165, 1.54) is 0 Å². The molecule has 0 heterocycles. The van der Waals surface area contributed by atoms with Crippen molar-refractivity contribution in [3.8, 4) is 0 Å². The van der Waals surface area contributed by atoms with Crippen molar-refractivity contribution in [2.45, 2.75) is 41.5 Å². The topological polar surface area (TPSA) is 93.1 Å². The average molecular weight is 304 g/mol. The zero-order valence-electron chi connectivity index (χ0n) is 13.9. The third kappa shape index (κ3) is 7.43. The minimum atomic E-state index is -0.928. The van der Waals surface area contributed by atoms with E-state index in [4.69, 9.17) is 19.7 Å². The fourth-order valence-electron chi connectivity index (χ4n) is 1.33. The van der Waals surface area contributed by atoms with Crippen molar-refractivity contribution >= 4 is 11.9 Å². The molecule has 0 saturated heterocycles. The van der Waals surface area contributed by atoms with Crippen LogP contribution in [0, 0.1) is 16.2 Å². The fourth-order valence-corrected chi connectivity index (χ4v) is 1.33. The molecule has 0 aliphatic carbocycles. The zero-order valence-corrected chi connectivity index (χ0v) is 13.9. The summed E-state index contributed by atoms with van der Waals surface area (Å²) < 4.78 is 11.0. The highest BCUT2D eigenvalue weighted by atomic mass is 16.5. The summed E-state index contributed by atoms with van der Waals surface area (Å²) in [6.45, 7) is 11.2. The summed E-state index contributed by atoms with van der Waals surface area (Å²) in [5, 5.41) is 18.0. The first-order valence-corrected chi connectivity index (χ1v) is 6.92. The van der Waals surface area contributed by atoms with Crippen LogP contribution in [0.2, 0.25) is 0 Å². The number of hydrogen-bond acceptors (Lipinski definition) is 4. The van der Waals surface area contributed by atoms with Gasteiger partial charge in [-0.2, -0.15) is 0 Å². The van der Waals surface area contributed by atoms with Gasteiger partial charge in [-0.25, -0.2) is 0 Å². The van der Waals surface area contributed by atoms with Crippen LogP contribution >= 0.6 is 0 Å². The van der Waals surface area contributed by atoms with Gasteiger partial charge in [0.15, 0.2) is 0 Å². The molecule has 0 aromatic heterocycles. The van der Waals surface area contributed by atoms with E-state index in [9.17, 15) is 9.59 Å². The van der Waals surface area contributed by atoms with Gasteiger partial charge in [0.1, 0.15) is 0 Å². The van der Waals surface area contributed by atoms with Crippen molar-refractivity contribution in [2.75, 3.05) is 26.4 Å². The Labute approximate surface area is 126 Å². The predicted octanol–water partition coefficient (Wildman–Crippen LogP) is 2.27. The Hall–Kier alpha value is -1.14. The number of hydrogen-bond donors (Lipinski definition) is 2. The van der Waals surface area contributed by atoms with Crippen LogP contribution in [0.5, 0.6) is 0 Å². The summed E-state index contributed by atoms with van der Waals surface area (Å²) in [5.74, 6) is -1.81.